The zero-order valence-corrected chi connectivity index (χ0v) is 24.2. The molecule has 0 amide bonds. The lowest BCUT2D eigenvalue weighted by molar-refractivity contribution is -0.181. The molecule has 0 bridgehead atoms. The Labute approximate surface area is 243 Å². The molecule has 0 aliphatic heterocycles. The van der Waals surface area contributed by atoms with E-state index in [1.54, 1.807) is 12.1 Å². The zero-order valence-electron chi connectivity index (χ0n) is 24.2. The van der Waals surface area contributed by atoms with E-state index in [1.807, 2.05) is 27.7 Å². The molecule has 1 aliphatic carbocycles. The molecule has 5 rings (SSSR count). The van der Waals surface area contributed by atoms with Crippen LogP contribution in [-0.2, 0) is 36.5 Å². The number of aryl methyl sites for hydroxylation is 4. The zero-order chi connectivity index (χ0) is 30.5. The van der Waals surface area contributed by atoms with Crippen LogP contribution in [0.3, 0.4) is 0 Å². The Morgan fingerprint density at radius 3 is 0.857 bits per heavy atom. The average molecular weight is 581 g/mol. The van der Waals surface area contributed by atoms with E-state index in [1.165, 1.54) is 72.8 Å². The van der Waals surface area contributed by atoms with Gasteiger partial charge in [-0.25, -0.2) is 0 Å². The van der Waals surface area contributed by atoms with Gasteiger partial charge in [-0.2, -0.15) is 26.3 Å². The second kappa shape index (κ2) is 10.6. The quantitative estimate of drug-likeness (QED) is 0.199. The van der Waals surface area contributed by atoms with Crippen molar-refractivity contribution < 1.29 is 26.3 Å². The van der Waals surface area contributed by atoms with Crippen LogP contribution >= 0.6 is 0 Å². The third-order valence-electron chi connectivity index (χ3n) is 9.08. The Kier molecular flexibility index (Phi) is 7.57. The van der Waals surface area contributed by atoms with Gasteiger partial charge in [-0.15, -0.1) is 0 Å². The minimum absolute atomic E-state index is 0.0959. The van der Waals surface area contributed by atoms with Crippen LogP contribution in [-0.4, -0.2) is 12.4 Å². The van der Waals surface area contributed by atoms with Crippen molar-refractivity contribution in [3.05, 3.63) is 141 Å². The van der Waals surface area contributed by atoms with Crippen molar-refractivity contribution in [2.45, 2.75) is 76.6 Å². The number of hydrogen-bond donors (Lipinski definition) is 0. The van der Waals surface area contributed by atoms with Crippen LogP contribution in [0.5, 0.6) is 0 Å². The molecule has 0 aromatic heterocycles. The fraction of sp³-hybridized carbons (Fsp3) is 0.333. The lowest BCUT2D eigenvalue weighted by Crippen LogP contribution is -2.56. The molecule has 0 radical (unpaired) electrons. The van der Waals surface area contributed by atoms with E-state index in [2.05, 4.69) is 0 Å². The summed E-state index contributed by atoms with van der Waals surface area (Å²) in [6.07, 6.45) is -8.33. The first-order valence-electron chi connectivity index (χ1n) is 14.5. The first-order chi connectivity index (χ1) is 19.9. The van der Waals surface area contributed by atoms with Gasteiger partial charge in [0.05, 0.1) is 0 Å². The monoisotopic (exact) mass is 580 g/mol. The minimum atomic E-state index is -4.95. The van der Waals surface area contributed by atoms with E-state index < -0.39 is 23.2 Å². The van der Waals surface area contributed by atoms with Crippen molar-refractivity contribution in [3.63, 3.8) is 0 Å². The Balaban J connectivity index is 2.17. The second-order valence-corrected chi connectivity index (χ2v) is 11.0. The van der Waals surface area contributed by atoms with Crippen molar-refractivity contribution in [1.82, 2.24) is 0 Å². The smallest absolute Gasteiger partial charge is 0.169 e. The SMILES string of the molecule is CCc1cc2c(cc1CC)C(c1ccccc1)(C(F)(F)F)c1cc(CC)c(CC)cc1C2(c1ccccc1)C(F)(F)F. The molecule has 0 nitrogen and oxygen atoms in total. The molecule has 220 valence electrons. The van der Waals surface area contributed by atoms with Gasteiger partial charge in [0.25, 0.3) is 0 Å². The number of fused-ring (bicyclic) bond motifs is 2. The van der Waals surface area contributed by atoms with Gasteiger partial charge < -0.3 is 0 Å². The highest BCUT2D eigenvalue weighted by molar-refractivity contribution is 5.72. The number of benzene rings is 4. The highest BCUT2D eigenvalue weighted by Crippen LogP contribution is 2.65. The molecule has 6 heteroatoms. The van der Waals surface area contributed by atoms with Crippen molar-refractivity contribution in [2.24, 2.45) is 0 Å². The van der Waals surface area contributed by atoms with Gasteiger partial charge in [-0.1, -0.05) is 113 Å². The molecule has 0 N–H and O–H groups in total. The molecule has 0 heterocycles. The van der Waals surface area contributed by atoms with Gasteiger partial charge in [0.15, 0.2) is 0 Å². The van der Waals surface area contributed by atoms with Crippen LogP contribution in [0, 0.1) is 0 Å². The summed E-state index contributed by atoms with van der Waals surface area (Å²) in [5.41, 5.74) is -4.74. The van der Waals surface area contributed by atoms with E-state index in [4.69, 9.17) is 0 Å². The fourth-order valence-electron chi connectivity index (χ4n) is 7.16. The summed E-state index contributed by atoms with van der Waals surface area (Å²) < 4.78 is 96.9. The van der Waals surface area contributed by atoms with Gasteiger partial charge in [-0.05, 0) is 81.3 Å². The van der Waals surface area contributed by atoms with Gasteiger partial charge in [-0.3, -0.25) is 0 Å². The molecule has 4 aromatic rings. The van der Waals surface area contributed by atoms with Crippen LogP contribution in [0.25, 0.3) is 0 Å². The van der Waals surface area contributed by atoms with Gasteiger partial charge in [0, 0.05) is 0 Å². The minimum Gasteiger partial charge on any atom is -0.169 e. The number of hydrogen-bond acceptors (Lipinski definition) is 0. The summed E-state index contributed by atoms with van der Waals surface area (Å²) in [5.74, 6) is 0. The van der Waals surface area contributed by atoms with E-state index in [-0.39, 0.29) is 33.4 Å². The molecule has 0 unspecified atom stereocenters. The van der Waals surface area contributed by atoms with Gasteiger partial charge >= 0.3 is 12.4 Å². The average Bonchev–Trinajstić information content (AvgIpc) is 2.98. The topological polar surface area (TPSA) is 0 Å². The van der Waals surface area contributed by atoms with Crippen LogP contribution in [0.4, 0.5) is 26.3 Å². The van der Waals surface area contributed by atoms with Crippen LogP contribution in [0.1, 0.15) is 83.3 Å². The van der Waals surface area contributed by atoms with Crippen LogP contribution in [0.2, 0.25) is 0 Å². The molecule has 4 aromatic carbocycles. The molecule has 0 spiro atoms. The van der Waals surface area contributed by atoms with Crippen LogP contribution in [0.15, 0.2) is 84.9 Å². The third kappa shape index (κ3) is 4.05. The lowest BCUT2D eigenvalue weighted by atomic mass is 9.52. The number of alkyl halides is 6. The summed E-state index contributed by atoms with van der Waals surface area (Å²) in [6, 6.07) is 20.6. The highest BCUT2D eigenvalue weighted by atomic mass is 19.4. The second-order valence-electron chi connectivity index (χ2n) is 11.0. The molecule has 0 saturated heterocycles. The standard InChI is InChI=1S/C36H34F6/c1-5-23-19-29-30(20-24(23)6-2)34(36(40,41)42,28-17-13-10-14-18-28)32-22-26(8-4)25(7-3)21-31(32)33(29,35(37,38)39)27-15-11-9-12-16-27/h9-22H,5-8H2,1-4H3. The van der Waals surface area contributed by atoms with Crippen molar-refractivity contribution >= 4 is 0 Å². The van der Waals surface area contributed by atoms with E-state index in [0.717, 1.165) is 0 Å². The molecule has 0 fully saturated rings. The van der Waals surface area contributed by atoms with Crippen molar-refractivity contribution in [1.29, 1.82) is 0 Å². The Bertz CT molecular complexity index is 1400. The van der Waals surface area contributed by atoms with Gasteiger partial charge in [0.1, 0.15) is 10.8 Å². The maximum Gasteiger partial charge on any atom is 0.406 e. The first kappa shape index (κ1) is 29.9. The fourth-order valence-corrected chi connectivity index (χ4v) is 7.16. The molecule has 0 atom stereocenters. The Morgan fingerprint density at radius 1 is 0.429 bits per heavy atom. The van der Waals surface area contributed by atoms with E-state index in [0.29, 0.717) is 47.9 Å². The largest absolute Gasteiger partial charge is 0.406 e. The maximum absolute atomic E-state index is 16.1. The first-order valence-corrected chi connectivity index (χ1v) is 14.5. The Hall–Kier alpha value is -3.54. The van der Waals surface area contributed by atoms with E-state index >= 15 is 26.3 Å². The maximum atomic E-state index is 16.1. The van der Waals surface area contributed by atoms with Crippen molar-refractivity contribution in [3.8, 4) is 0 Å². The highest BCUT2D eigenvalue weighted by Gasteiger charge is 2.70. The molecule has 1 aliphatic rings. The third-order valence-corrected chi connectivity index (χ3v) is 9.08. The summed E-state index contributed by atoms with van der Waals surface area (Å²) in [4.78, 5) is 0. The normalized spacial score (nSPS) is 20.2. The van der Waals surface area contributed by atoms with Gasteiger partial charge in [0.2, 0.25) is 0 Å². The summed E-state index contributed by atoms with van der Waals surface area (Å²) in [6.45, 7) is 7.30. The number of rotatable bonds is 6. The lowest BCUT2D eigenvalue weighted by Gasteiger charge is -2.51. The molecular formula is C36H34F6. The predicted octanol–water partition coefficient (Wildman–Crippen LogP) is 10.0. The summed E-state index contributed by atoms with van der Waals surface area (Å²) in [5, 5.41) is 0. The van der Waals surface area contributed by atoms with Crippen LogP contribution < -0.4 is 0 Å². The predicted molar refractivity (Wildman–Crippen MR) is 155 cm³/mol. The molecule has 0 saturated carbocycles. The van der Waals surface area contributed by atoms with Crippen molar-refractivity contribution in [2.75, 3.05) is 0 Å². The Morgan fingerprint density at radius 2 is 0.667 bits per heavy atom. The molecule has 42 heavy (non-hydrogen) atoms. The summed E-state index contributed by atoms with van der Waals surface area (Å²) in [7, 11) is 0. The van der Waals surface area contributed by atoms with E-state index in [9.17, 15) is 0 Å². The molecular weight excluding hydrogens is 546 g/mol. The summed E-state index contributed by atoms with van der Waals surface area (Å²) >= 11 is 0. The number of halogens is 6.